The van der Waals surface area contributed by atoms with Gasteiger partial charge < -0.3 is 10.2 Å². The minimum atomic E-state index is -0.787. The van der Waals surface area contributed by atoms with E-state index in [0.717, 1.165) is 25.7 Å². The van der Waals surface area contributed by atoms with Gasteiger partial charge in [0.2, 0.25) is 0 Å². The van der Waals surface area contributed by atoms with E-state index >= 15 is 0 Å². The predicted octanol–water partition coefficient (Wildman–Crippen LogP) is 1.94. The van der Waals surface area contributed by atoms with E-state index in [-0.39, 0.29) is 5.92 Å². The molecule has 2 heteroatoms. The SMILES string of the molecule is CCCC(O)C1(O)C(C)CC1CC. The van der Waals surface area contributed by atoms with Gasteiger partial charge in [-0.2, -0.15) is 0 Å². The fourth-order valence-corrected chi connectivity index (χ4v) is 2.65. The van der Waals surface area contributed by atoms with E-state index in [2.05, 4.69) is 6.92 Å². The lowest BCUT2D eigenvalue weighted by atomic mass is 9.57. The van der Waals surface area contributed by atoms with Crippen LogP contribution in [0.2, 0.25) is 0 Å². The minimum absolute atomic E-state index is 0.263. The summed E-state index contributed by atoms with van der Waals surface area (Å²) in [6, 6.07) is 0. The first kappa shape index (κ1) is 11.0. The van der Waals surface area contributed by atoms with Gasteiger partial charge in [0.1, 0.15) is 0 Å². The Labute approximate surface area is 81.0 Å². The van der Waals surface area contributed by atoms with Crippen LogP contribution < -0.4 is 0 Å². The summed E-state index contributed by atoms with van der Waals surface area (Å²) in [6.45, 7) is 6.15. The molecule has 0 aromatic carbocycles. The highest BCUT2D eigenvalue weighted by molar-refractivity contribution is 5.04. The lowest BCUT2D eigenvalue weighted by molar-refractivity contribution is -0.210. The third-order valence-electron chi connectivity index (χ3n) is 3.67. The number of hydrogen-bond donors (Lipinski definition) is 2. The molecule has 1 saturated carbocycles. The molecule has 1 fully saturated rings. The molecule has 0 heterocycles. The number of aliphatic hydroxyl groups excluding tert-OH is 1. The van der Waals surface area contributed by atoms with E-state index in [0.29, 0.717) is 5.92 Å². The van der Waals surface area contributed by atoms with Crippen molar-refractivity contribution in [3.05, 3.63) is 0 Å². The maximum Gasteiger partial charge on any atom is 0.0958 e. The highest BCUT2D eigenvalue weighted by Gasteiger charge is 2.54. The monoisotopic (exact) mass is 186 g/mol. The van der Waals surface area contributed by atoms with Crippen molar-refractivity contribution in [1.82, 2.24) is 0 Å². The molecule has 1 rings (SSSR count). The first-order chi connectivity index (χ1) is 6.07. The van der Waals surface area contributed by atoms with Crippen LogP contribution in [-0.2, 0) is 0 Å². The summed E-state index contributed by atoms with van der Waals surface area (Å²) >= 11 is 0. The first-order valence-electron chi connectivity index (χ1n) is 5.47. The number of hydrogen-bond acceptors (Lipinski definition) is 2. The zero-order chi connectivity index (χ0) is 10.1. The fourth-order valence-electron chi connectivity index (χ4n) is 2.65. The van der Waals surface area contributed by atoms with Crippen molar-refractivity contribution in [2.24, 2.45) is 11.8 Å². The molecule has 0 aromatic heterocycles. The van der Waals surface area contributed by atoms with E-state index in [1.54, 1.807) is 0 Å². The molecule has 0 bridgehead atoms. The second-order valence-corrected chi connectivity index (χ2v) is 4.43. The Morgan fingerprint density at radius 2 is 2.08 bits per heavy atom. The van der Waals surface area contributed by atoms with E-state index in [1.807, 2.05) is 13.8 Å². The van der Waals surface area contributed by atoms with Crippen LogP contribution in [0.5, 0.6) is 0 Å². The topological polar surface area (TPSA) is 40.5 Å². The third kappa shape index (κ3) is 1.62. The van der Waals surface area contributed by atoms with Crippen molar-refractivity contribution in [3.8, 4) is 0 Å². The molecule has 0 saturated heterocycles. The molecule has 13 heavy (non-hydrogen) atoms. The molecule has 0 aromatic rings. The van der Waals surface area contributed by atoms with E-state index in [1.165, 1.54) is 0 Å². The largest absolute Gasteiger partial charge is 0.390 e. The van der Waals surface area contributed by atoms with Crippen molar-refractivity contribution < 1.29 is 10.2 Å². The van der Waals surface area contributed by atoms with Crippen molar-refractivity contribution in [1.29, 1.82) is 0 Å². The van der Waals surface area contributed by atoms with E-state index in [9.17, 15) is 10.2 Å². The Hall–Kier alpha value is -0.0800. The van der Waals surface area contributed by atoms with Crippen LogP contribution in [0.25, 0.3) is 0 Å². The predicted molar refractivity (Wildman–Crippen MR) is 53.4 cm³/mol. The van der Waals surface area contributed by atoms with Gasteiger partial charge >= 0.3 is 0 Å². The maximum atomic E-state index is 10.3. The summed E-state index contributed by atoms with van der Waals surface area (Å²) in [5.74, 6) is 0.572. The number of aliphatic hydroxyl groups is 2. The molecule has 4 unspecified atom stereocenters. The summed E-state index contributed by atoms with van der Waals surface area (Å²) in [5.41, 5.74) is -0.787. The standard InChI is InChI=1S/C11H22O2/c1-4-6-10(12)11(13)8(3)7-9(11)5-2/h8-10,12-13H,4-7H2,1-3H3. The lowest BCUT2D eigenvalue weighted by Gasteiger charge is -2.53. The van der Waals surface area contributed by atoms with Crippen LogP contribution in [0, 0.1) is 11.8 Å². The van der Waals surface area contributed by atoms with Crippen molar-refractivity contribution >= 4 is 0 Å². The molecule has 0 amide bonds. The van der Waals surface area contributed by atoms with Crippen LogP contribution in [-0.4, -0.2) is 21.9 Å². The zero-order valence-electron chi connectivity index (χ0n) is 8.95. The molecular formula is C11H22O2. The fraction of sp³-hybridized carbons (Fsp3) is 1.00. The second kappa shape index (κ2) is 3.97. The van der Waals surface area contributed by atoms with Crippen LogP contribution in [0.3, 0.4) is 0 Å². The molecule has 2 N–H and O–H groups in total. The van der Waals surface area contributed by atoms with Gasteiger partial charge in [-0.1, -0.05) is 33.6 Å². The Kier molecular flexibility index (Phi) is 3.36. The summed E-state index contributed by atoms with van der Waals surface area (Å²) in [6.07, 6.45) is 3.17. The van der Waals surface area contributed by atoms with Gasteiger partial charge in [-0.3, -0.25) is 0 Å². The van der Waals surface area contributed by atoms with E-state index in [4.69, 9.17) is 0 Å². The van der Waals surface area contributed by atoms with Crippen LogP contribution >= 0.6 is 0 Å². The minimum Gasteiger partial charge on any atom is -0.390 e. The Morgan fingerprint density at radius 1 is 1.46 bits per heavy atom. The Balaban J connectivity index is 2.61. The zero-order valence-corrected chi connectivity index (χ0v) is 8.95. The average molecular weight is 186 g/mol. The highest BCUT2D eigenvalue weighted by Crippen LogP contribution is 2.48. The molecule has 0 aliphatic heterocycles. The van der Waals surface area contributed by atoms with Gasteiger partial charge in [-0.05, 0) is 24.7 Å². The third-order valence-corrected chi connectivity index (χ3v) is 3.67. The molecular weight excluding hydrogens is 164 g/mol. The van der Waals surface area contributed by atoms with Gasteiger partial charge in [0.15, 0.2) is 0 Å². The highest BCUT2D eigenvalue weighted by atomic mass is 16.3. The van der Waals surface area contributed by atoms with E-state index < -0.39 is 11.7 Å². The van der Waals surface area contributed by atoms with Crippen molar-refractivity contribution in [2.75, 3.05) is 0 Å². The van der Waals surface area contributed by atoms with Gasteiger partial charge in [-0.25, -0.2) is 0 Å². The normalized spacial score (nSPS) is 41.3. The smallest absolute Gasteiger partial charge is 0.0958 e. The lowest BCUT2D eigenvalue weighted by Crippen LogP contribution is -2.61. The molecule has 0 radical (unpaired) electrons. The van der Waals surface area contributed by atoms with Crippen LogP contribution in [0.15, 0.2) is 0 Å². The molecule has 0 spiro atoms. The Morgan fingerprint density at radius 3 is 2.46 bits per heavy atom. The summed E-state index contributed by atoms with van der Waals surface area (Å²) < 4.78 is 0. The molecule has 4 atom stereocenters. The molecule has 78 valence electrons. The van der Waals surface area contributed by atoms with Gasteiger partial charge in [-0.15, -0.1) is 0 Å². The van der Waals surface area contributed by atoms with Crippen molar-refractivity contribution in [2.45, 2.75) is 58.2 Å². The van der Waals surface area contributed by atoms with Crippen LogP contribution in [0.1, 0.15) is 46.5 Å². The molecule has 1 aliphatic carbocycles. The molecule has 1 aliphatic rings. The summed E-state index contributed by atoms with van der Waals surface area (Å²) in [7, 11) is 0. The van der Waals surface area contributed by atoms with Crippen LogP contribution in [0.4, 0.5) is 0 Å². The first-order valence-corrected chi connectivity index (χ1v) is 5.47. The van der Waals surface area contributed by atoms with Gasteiger partial charge in [0.25, 0.3) is 0 Å². The number of rotatable bonds is 4. The van der Waals surface area contributed by atoms with Crippen molar-refractivity contribution in [3.63, 3.8) is 0 Å². The molecule has 2 nitrogen and oxygen atoms in total. The quantitative estimate of drug-likeness (QED) is 0.704. The maximum absolute atomic E-state index is 10.3. The van der Waals surface area contributed by atoms with Gasteiger partial charge in [0, 0.05) is 0 Å². The van der Waals surface area contributed by atoms with Gasteiger partial charge in [0.05, 0.1) is 11.7 Å². The Bertz CT molecular complexity index is 169. The second-order valence-electron chi connectivity index (χ2n) is 4.43. The summed E-state index contributed by atoms with van der Waals surface area (Å²) in [5, 5.41) is 20.1. The summed E-state index contributed by atoms with van der Waals surface area (Å²) in [4.78, 5) is 0. The average Bonchev–Trinajstić information content (AvgIpc) is 2.12.